The predicted molar refractivity (Wildman–Crippen MR) is 78.4 cm³/mol. The first-order valence-corrected chi connectivity index (χ1v) is 6.82. The van der Waals surface area contributed by atoms with Crippen LogP contribution < -0.4 is 5.32 Å². The molecule has 20 heavy (non-hydrogen) atoms. The minimum absolute atomic E-state index is 0.260. The highest BCUT2D eigenvalue weighted by Crippen LogP contribution is 2.16. The van der Waals surface area contributed by atoms with Crippen molar-refractivity contribution in [3.63, 3.8) is 0 Å². The largest absolute Gasteiger partial charge is 0.352 e. The lowest BCUT2D eigenvalue weighted by Crippen LogP contribution is -2.23. The highest BCUT2D eigenvalue weighted by Gasteiger charge is 2.01. The van der Waals surface area contributed by atoms with Gasteiger partial charge in [0.25, 0.3) is 0 Å². The Morgan fingerprint density at radius 3 is 3.10 bits per heavy atom. The molecule has 1 aromatic heterocycles. The molecule has 0 spiro atoms. The summed E-state index contributed by atoms with van der Waals surface area (Å²) in [6.45, 7) is 0.492. The fraction of sp³-hybridized carbons (Fsp3) is 0.143. The van der Waals surface area contributed by atoms with Gasteiger partial charge in [0.1, 0.15) is 5.82 Å². The molecule has 0 atom stereocenters. The molecular weight excluding hydrogens is 325 g/mol. The van der Waals surface area contributed by atoms with E-state index in [0.717, 1.165) is 10.2 Å². The molecule has 0 radical (unpaired) electrons. The van der Waals surface area contributed by atoms with Gasteiger partial charge in [0.15, 0.2) is 0 Å². The number of carbonyl (C=O) groups excluding carboxylic acids is 1. The molecule has 0 fully saturated rings. The Labute approximate surface area is 124 Å². The van der Waals surface area contributed by atoms with Gasteiger partial charge in [0.05, 0.1) is 6.33 Å². The Kier molecular flexibility index (Phi) is 5.06. The molecule has 0 aliphatic rings. The maximum atomic E-state index is 13.4. The van der Waals surface area contributed by atoms with Gasteiger partial charge in [0, 0.05) is 41.0 Å². The molecule has 0 aliphatic heterocycles. The normalized spacial score (nSPS) is 10.9. The van der Waals surface area contributed by atoms with E-state index >= 15 is 0 Å². The number of nitrogens with zero attached hydrogens (tertiary/aromatic N) is 1. The third kappa shape index (κ3) is 4.31. The van der Waals surface area contributed by atoms with Crippen molar-refractivity contribution in [1.82, 2.24) is 15.3 Å². The Morgan fingerprint density at radius 2 is 2.35 bits per heavy atom. The van der Waals surface area contributed by atoms with Crippen LogP contribution >= 0.6 is 15.9 Å². The van der Waals surface area contributed by atoms with Crippen molar-refractivity contribution in [2.24, 2.45) is 0 Å². The molecule has 2 aromatic rings. The SMILES string of the molecule is O=C(C=Cc1cc(Br)ccc1F)NCCc1cnc[nH]1. The smallest absolute Gasteiger partial charge is 0.244 e. The number of imidazole rings is 1. The summed E-state index contributed by atoms with van der Waals surface area (Å²) in [7, 11) is 0. The van der Waals surface area contributed by atoms with Crippen LogP contribution in [-0.4, -0.2) is 22.4 Å². The van der Waals surface area contributed by atoms with Crippen LogP contribution in [0.15, 0.2) is 41.3 Å². The van der Waals surface area contributed by atoms with Crippen molar-refractivity contribution in [3.8, 4) is 0 Å². The lowest BCUT2D eigenvalue weighted by Gasteiger charge is -2.01. The standard InChI is InChI=1S/C14H13BrFN3O/c15-11-2-3-13(16)10(7-11)1-4-14(20)18-6-5-12-8-17-9-19-12/h1-4,7-9H,5-6H2,(H,17,19)(H,18,20). The van der Waals surface area contributed by atoms with E-state index in [9.17, 15) is 9.18 Å². The van der Waals surface area contributed by atoms with E-state index in [0.29, 0.717) is 18.5 Å². The molecule has 2 N–H and O–H groups in total. The third-order valence-corrected chi connectivity index (χ3v) is 3.11. The van der Waals surface area contributed by atoms with Crippen LogP contribution in [0.4, 0.5) is 4.39 Å². The number of rotatable bonds is 5. The van der Waals surface area contributed by atoms with E-state index in [1.165, 1.54) is 18.2 Å². The summed E-state index contributed by atoms with van der Waals surface area (Å²) in [5.74, 6) is -0.626. The van der Waals surface area contributed by atoms with Crippen molar-refractivity contribution in [2.45, 2.75) is 6.42 Å². The van der Waals surface area contributed by atoms with E-state index in [4.69, 9.17) is 0 Å². The molecule has 104 valence electrons. The molecule has 1 aromatic carbocycles. The van der Waals surface area contributed by atoms with Gasteiger partial charge < -0.3 is 10.3 Å². The number of halogens is 2. The summed E-state index contributed by atoms with van der Waals surface area (Å²) in [5, 5.41) is 2.72. The lowest BCUT2D eigenvalue weighted by molar-refractivity contribution is -0.116. The maximum Gasteiger partial charge on any atom is 0.244 e. The van der Waals surface area contributed by atoms with Crippen LogP contribution in [-0.2, 0) is 11.2 Å². The molecule has 0 saturated heterocycles. The average molecular weight is 338 g/mol. The fourth-order valence-corrected chi connectivity index (χ4v) is 1.99. The van der Waals surface area contributed by atoms with Gasteiger partial charge in [-0.15, -0.1) is 0 Å². The van der Waals surface area contributed by atoms with Crippen molar-refractivity contribution >= 4 is 27.9 Å². The first kappa shape index (κ1) is 14.5. The monoisotopic (exact) mass is 337 g/mol. The van der Waals surface area contributed by atoms with Crippen molar-refractivity contribution < 1.29 is 9.18 Å². The summed E-state index contributed by atoms with van der Waals surface area (Å²) < 4.78 is 14.2. The van der Waals surface area contributed by atoms with E-state index in [-0.39, 0.29) is 11.7 Å². The minimum atomic E-state index is -0.366. The molecule has 0 aliphatic carbocycles. The second-order valence-corrected chi connectivity index (χ2v) is 5.03. The highest BCUT2D eigenvalue weighted by atomic mass is 79.9. The van der Waals surface area contributed by atoms with Crippen LogP contribution in [0, 0.1) is 5.82 Å². The Bertz CT molecular complexity index is 611. The second kappa shape index (κ2) is 7.00. The zero-order chi connectivity index (χ0) is 14.4. The molecule has 0 bridgehead atoms. The van der Waals surface area contributed by atoms with Crippen molar-refractivity contribution in [2.75, 3.05) is 6.54 Å². The fourth-order valence-electron chi connectivity index (χ4n) is 1.61. The van der Waals surface area contributed by atoms with E-state index in [2.05, 4.69) is 31.2 Å². The Morgan fingerprint density at radius 1 is 1.50 bits per heavy atom. The Balaban J connectivity index is 1.84. The predicted octanol–water partition coefficient (Wildman–Crippen LogP) is 2.68. The maximum absolute atomic E-state index is 13.4. The number of benzene rings is 1. The first-order valence-electron chi connectivity index (χ1n) is 6.03. The number of amides is 1. The molecule has 4 nitrogen and oxygen atoms in total. The number of aromatic amines is 1. The summed E-state index contributed by atoms with van der Waals surface area (Å²) in [6.07, 6.45) is 6.74. The number of nitrogens with one attached hydrogen (secondary N) is 2. The zero-order valence-electron chi connectivity index (χ0n) is 10.6. The number of carbonyl (C=O) groups is 1. The molecular formula is C14H13BrFN3O. The van der Waals surface area contributed by atoms with Crippen LogP contribution in [0.5, 0.6) is 0 Å². The van der Waals surface area contributed by atoms with E-state index in [1.807, 2.05) is 0 Å². The van der Waals surface area contributed by atoms with Gasteiger partial charge in [-0.2, -0.15) is 0 Å². The van der Waals surface area contributed by atoms with Gasteiger partial charge in [-0.05, 0) is 24.3 Å². The second-order valence-electron chi connectivity index (χ2n) is 4.12. The summed E-state index contributed by atoms with van der Waals surface area (Å²) >= 11 is 3.26. The van der Waals surface area contributed by atoms with Crippen LogP contribution in [0.3, 0.4) is 0 Å². The third-order valence-electron chi connectivity index (χ3n) is 2.62. The van der Waals surface area contributed by atoms with Crippen molar-refractivity contribution in [1.29, 1.82) is 0 Å². The summed E-state index contributed by atoms with van der Waals surface area (Å²) in [6, 6.07) is 4.57. The van der Waals surface area contributed by atoms with Crippen molar-refractivity contribution in [3.05, 3.63) is 58.3 Å². The topological polar surface area (TPSA) is 57.8 Å². The number of hydrogen-bond acceptors (Lipinski definition) is 2. The number of aromatic nitrogens is 2. The first-order chi connectivity index (χ1) is 9.65. The highest BCUT2D eigenvalue weighted by molar-refractivity contribution is 9.10. The van der Waals surface area contributed by atoms with E-state index < -0.39 is 0 Å². The van der Waals surface area contributed by atoms with Crippen LogP contribution in [0.1, 0.15) is 11.3 Å². The molecule has 0 saturated carbocycles. The average Bonchev–Trinajstić information content (AvgIpc) is 2.93. The van der Waals surface area contributed by atoms with Gasteiger partial charge in [0.2, 0.25) is 5.91 Å². The Hall–Kier alpha value is -1.95. The molecule has 1 amide bonds. The molecule has 6 heteroatoms. The van der Waals surface area contributed by atoms with Gasteiger partial charge in [-0.1, -0.05) is 15.9 Å². The van der Waals surface area contributed by atoms with Crippen LogP contribution in [0.2, 0.25) is 0 Å². The minimum Gasteiger partial charge on any atom is -0.352 e. The number of hydrogen-bond donors (Lipinski definition) is 2. The van der Waals surface area contributed by atoms with Gasteiger partial charge in [-0.3, -0.25) is 4.79 Å². The zero-order valence-corrected chi connectivity index (χ0v) is 12.2. The summed E-state index contributed by atoms with van der Waals surface area (Å²) in [5.41, 5.74) is 1.32. The summed E-state index contributed by atoms with van der Waals surface area (Å²) in [4.78, 5) is 18.4. The molecule has 0 unspecified atom stereocenters. The quantitative estimate of drug-likeness (QED) is 0.824. The van der Waals surface area contributed by atoms with Gasteiger partial charge >= 0.3 is 0 Å². The molecule has 1 heterocycles. The van der Waals surface area contributed by atoms with Crippen LogP contribution in [0.25, 0.3) is 6.08 Å². The lowest BCUT2D eigenvalue weighted by atomic mass is 10.2. The number of H-pyrrole nitrogens is 1. The molecule has 2 rings (SSSR count). The van der Waals surface area contributed by atoms with E-state index in [1.54, 1.807) is 24.7 Å². The van der Waals surface area contributed by atoms with Gasteiger partial charge in [-0.25, -0.2) is 9.37 Å².